The van der Waals surface area contributed by atoms with E-state index in [9.17, 15) is 13.2 Å². The summed E-state index contributed by atoms with van der Waals surface area (Å²) in [7, 11) is -3.68. The number of nitrogens with one attached hydrogen (secondary N) is 1. The van der Waals surface area contributed by atoms with E-state index in [1.807, 2.05) is 18.2 Å². The number of sulfonamides is 1. The zero-order valence-electron chi connectivity index (χ0n) is 24.4. The Balaban J connectivity index is 1.66. The van der Waals surface area contributed by atoms with Gasteiger partial charge in [-0.05, 0) is 67.0 Å². The number of carbonyl (C=O) groups is 1. The number of aromatic nitrogens is 2. The summed E-state index contributed by atoms with van der Waals surface area (Å²) in [5.74, 6) is 1.33. The van der Waals surface area contributed by atoms with E-state index < -0.39 is 10.0 Å². The van der Waals surface area contributed by atoms with Gasteiger partial charge in [-0.3, -0.25) is 9.78 Å². The molecule has 1 aliphatic rings. The van der Waals surface area contributed by atoms with Crippen molar-refractivity contribution >= 4 is 26.8 Å². The first-order valence-corrected chi connectivity index (χ1v) is 15.9. The van der Waals surface area contributed by atoms with Crippen LogP contribution in [-0.2, 0) is 10.0 Å². The molecule has 3 heterocycles. The Morgan fingerprint density at radius 1 is 1.02 bits per heavy atom. The summed E-state index contributed by atoms with van der Waals surface area (Å²) in [6, 6.07) is 12.2. The molecule has 1 amide bonds. The van der Waals surface area contributed by atoms with E-state index in [2.05, 4.69) is 49.8 Å². The maximum absolute atomic E-state index is 13.6. The molecule has 0 bridgehead atoms. The highest BCUT2D eigenvalue weighted by Gasteiger charge is 2.29. The number of amides is 1. The summed E-state index contributed by atoms with van der Waals surface area (Å²) in [5.41, 5.74) is 2.17. The topological polar surface area (TPSA) is 95.5 Å². The smallest absolute Gasteiger partial charge is 0.252 e. The van der Waals surface area contributed by atoms with Gasteiger partial charge in [-0.25, -0.2) is 13.4 Å². The Kier molecular flexibility index (Phi) is 9.92. The highest BCUT2D eigenvalue weighted by Crippen LogP contribution is 2.29. The molecule has 0 unspecified atom stereocenters. The first-order valence-electron chi connectivity index (χ1n) is 14.4. The van der Waals surface area contributed by atoms with Crippen LogP contribution in [0.3, 0.4) is 0 Å². The van der Waals surface area contributed by atoms with Crippen molar-refractivity contribution in [1.82, 2.24) is 24.5 Å². The number of benzene rings is 1. The summed E-state index contributed by atoms with van der Waals surface area (Å²) >= 11 is 0. The second-order valence-electron chi connectivity index (χ2n) is 11.8. The number of rotatable bonds is 11. The molecular weight excluding hydrogens is 522 g/mol. The summed E-state index contributed by atoms with van der Waals surface area (Å²) in [4.78, 5) is 25.4. The van der Waals surface area contributed by atoms with E-state index in [1.165, 1.54) is 0 Å². The fraction of sp³-hybridized carbons (Fsp3) is 0.516. The minimum absolute atomic E-state index is 0.191. The number of piperidine rings is 1. The van der Waals surface area contributed by atoms with Crippen LogP contribution in [0.15, 0.2) is 53.6 Å². The standard InChI is InChI=1S/C31H43N5O3S/c1-22(2)20-35(21-23(3)4)17-14-33-31(37)27-19-30(29-8-6-7-13-32-29)34-28-10-9-25(18-26(27)28)40(38,39)36-15-11-24(5)12-16-36/h6-10,13,18-19,22-24H,11-12,14-17,20-21H2,1-5H3,(H,33,37). The molecule has 0 spiro atoms. The number of nitrogens with zero attached hydrogens (tertiary/aromatic N) is 4. The van der Waals surface area contributed by atoms with Gasteiger partial charge in [0.05, 0.1) is 27.4 Å². The van der Waals surface area contributed by atoms with Crippen LogP contribution in [0.25, 0.3) is 22.3 Å². The summed E-state index contributed by atoms with van der Waals surface area (Å²) in [6.45, 7) is 15.1. The van der Waals surface area contributed by atoms with Gasteiger partial charge in [-0.15, -0.1) is 0 Å². The lowest BCUT2D eigenvalue weighted by molar-refractivity contribution is 0.0948. The number of hydrogen-bond acceptors (Lipinski definition) is 6. The second-order valence-corrected chi connectivity index (χ2v) is 13.8. The van der Waals surface area contributed by atoms with Crippen molar-refractivity contribution in [2.24, 2.45) is 17.8 Å². The molecule has 0 saturated carbocycles. The first kappa shape index (κ1) is 30.1. The van der Waals surface area contributed by atoms with E-state index in [4.69, 9.17) is 4.98 Å². The van der Waals surface area contributed by atoms with Crippen molar-refractivity contribution in [3.05, 3.63) is 54.2 Å². The van der Waals surface area contributed by atoms with E-state index in [-0.39, 0.29) is 10.8 Å². The third-order valence-electron chi connectivity index (χ3n) is 7.29. The summed E-state index contributed by atoms with van der Waals surface area (Å²) < 4.78 is 28.6. The molecule has 216 valence electrons. The average Bonchev–Trinajstić information content (AvgIpc) is 2.92. The lowest BCUT2D eigenvalue weighted by atomic mass is 10.0. The predicted octanol–water partition coefficient (Wildman–Crippen LogP) is 5.06. The summed E-state index contributed by atoms with van der Waals surface area (Å²) in [5, 5.41) is 3.60. The molecule has 4 rings (SSSR count). The summed E-state index contributed by atoms with van der Waals surface area (Å²) in [6.07, 6.45) is 3.38. The maximum Gasteiger partial charge on any atom is 0.252 e. The molecular formula is C31H43N5O3S. The number of hydrogen-bond donors (Lipinski definition) is 1. The average molecular weight is 566 g/mol. The molecule has 0 atom stereocenters. The van der Waals surface area contributed by atoms with Gasteiger partial charge in [0.2, 0.25) is 10.0 Å². The molecule has 40 heavy (non-hydrogen) atoms. The van der Waals surface area contributed by atoms with Gasteiger partial charge in [0.25, 0.3) is 5.91 Å². The van der Waals surface area contributed by atoms with E-state index in [0.29, 0.717) is 65.2 Å². The largest absolute Gasteiger partial charge is 0.351 e. The third-order valence-corrected chi connectivity index (χ3v) is 9.19. The Labute approximate surface area is 239 Å². The molecule has 3 aromatic rings. The third kappa shape index (κ3) is 7.44. The minimum atomic E-state index is -3.68. The van der Waals surface area contributed by atoms with Crippen LogP contribution < -0.4 is 5.32 Å². The highest BCUT2D eigenvalue weighted by molar-refractivity contribution is 7.89. The molecule has 2 aromatic heterocycles. The van der Waals surface area contributed by atoms with Crippen molar-refractivity contribution in [2.75, 3.05) is 39.3 Å². The van der Waals surface area contributed by atoms with Gasteiger partial charge in [0.1, 0.15) is 0 Å². The van der Waals surface area contributed by atoms with Crippen molar-refractivity contribution in [3.8, 4) is 11.4 Å². The van der Waals surface area contributed by atoms with Crippen LogP contribution in [0.4, 0.5) is 0 Å². The first-order chi connectivity index (χ1) is 19.0. The van der Waals surface area contributed by atoms with E-state index in [0.717, 1.165) is 32.5 Å². The molecule has 9 heteroatoms. The van der Waals surface area contributed by atoms with Gasteiger partial charge in [-0.1, -0.05) is 40.7 Å². The van der Waals surface area contributed by atoms with E-state index >= 15 is 0 Å². The van der Waals surface area contributed by atoms with Crippen LogP contribution in [0.2, 0.25) is 0 Å². The van der Waals surface area contributed by atoms with Gasteiger partial charge < -0.3 is 10.2 Å². The predicted molar refractivity (Wildman–Crippen MR) is 161 cm³/mol. The Hall–Kier alpha value is -2.88. The molecule has 0 radical (unpaired) electrons. The SMILES string of the molecule is CC(C)CN(CCNC(=O)c1cc(-c2ccccn2)nc2ccc(S(=O)(=O)N3CCC(C)CC3)cc12)CC(C)C. The number of fused-ring (bicyclic) bond motifs is 1. The lowest BCUT2D eigenvalue weighted by Gasteiger charge is -2.29. The lowest BCUT2D eigenvalue weighted by Crippen LogP contribution is -2.38. The van der Waals surface area contributed by atoms with Gasteiger partial charge >= 0.3 is 0 Å². The van der Waals surface area contributed by atoms with Crippen LogP contribution >= 0.6 is 0 Å². The highest BCUT2D eigenvalue weighted by atomic mass is 32.2. The zero-order chi connectivity index (χ0) is 28.9. The fourth-order valence-corrected chi connectivity index (χ4v) is 6.78. The van der Waals surface area contributed by atoms with Gasteiger partial charge in [0, 0.05) is 50.9 Å². The molecule has 1 fully saturated rings. The van der Waals surface area contributed by atoms with Crippen LogP contribution in [0, 0.1) is 17.8 Å². The normalized spacial score (nSPS) is 15.4. The van der Waals surface area contributed by atoms with Crippen LogP contribution in [-0.4, -0.2) is 72.8 Å². The van der Waals surface area contributed by atoms with Gasteiger partial charge in [-0.2, -0.15) is 4.31 Å². The van der Waals surface area contributed by atoms with Gasteiger partial charge in [0.15, 0.2) is 0 Å². The fourth-order valence-electron chi connectivity index (χ4n) is 5.29. The molecule has 8 nitrogen and oxygen atoms in total. The van der Waals surface area contributed by atoms with E-state index in [1.54, 1.807) is 34.8 Å². The van der Waals surface area contributed by atoms with Crippen LogP contribution in [0.1, 0.15) is 57.8 Å². The molecule has 1 saturated heterocycles. The zero-order valence-corrected chi connectivity index (χ0v) is 25.2. The second kappa shape index (κ2) is 13.2. The minimum Gasteiger partial charge on any atom is -0.351 e. The van der Waals surface area contributed by atoms with Crippen molar-refractivity contribution < 1.29 is 13.2 Å². The Morgan fingerprint density at radius 2 is 1.73 bits per heavy atom. The quantitative estimate of drug-likeness (QED) is 0.349. The molecule has 1 N–H and O–H groups in total. The number of carbonyl (C=O) groups excluding carboxylic acids is 1. The van der Waals surface area contributed by atoms with Crippen molar-refractivity contribution in [2.45, 2.75) is 52.4 Å². The van der Waals surface area contributed by atoms with Crippen LogP contribution in [0.5, 0.6) is 0 Å². The Bertz CT molecular complexity index is 1390. The number of pyridine rings is 2. The monoisotopic (exact) mass is 565 g/mol. The molecule has 1 aliphatic heterocycles. The van der Waals surface area contributed by atoms with Crippen molar-refractivity contribution in [3.63, 3.8) is 0 Å². The maximum atomic E-state index is 13.6. The Morgan fingerprint density at radius 3 is 2.35 bits per heavy atom. The molecule has 1 aromatic carbocycles. The molecule has 0 aliphatic carbocycles. The van der Waals surface area contributed by atoms with Crippen molar-refractivity contribution in [1.29, 1.82) is 0 Å².